The van der Waals surface area contributed by atoms with E-state index in [1.807, 2.05) is 54.8 Å². The van der Waals surface area contributed by atoms with E-state index in [0.717, 1.165) is 17.0 Å². The molecule has 4 rings (SSSR count). The number of carbonyl (C=O) groups is 1. The molecule has 35 heavy (non-hydrogen) atoms. The Balaban J connectivity index is 1.77. The van der Waals surface area contributed by atoms with Crippen LogP contribution in [0.5, 0.6) is 0 Å². The van der Waals surface area contributed by atoms with Gasteiger partial charge in [0, 0.05) is 23.5 Å². The Hall–Kier alpha value is -4.11. The monoisotopic (exact) mass is 489 g/mol. The molecule has 0 atom stereocenters. The number of benzene rings is 2. The van der Waals surface area contributed by atoms with Gasteiger partial charge in [-0.3, -0.25) is 10.1 Å². The predicted molar refractivity (Wildman–Crippen MR) is 137 cm³/mol. The number of hydrogen-bond acceptors (Lipinski definition) is 7. The fourth-order valence-electron chi connectivity index (χ4n) is 3.83. The highest BCUT2D eigenvalue weighted by atomic mass is 32.2. The van der Waals surface area contributed by atoms with Crippen LogP contribution in [0.4, 0.5) is 11.4 Å². The molecule has 0 spiro atoms. The number of ether oxygens (including phenoxy) is 1. The first-order chi connectivity index (χ1) is 16.8. The van der Waals surface area contributed by atoms with Crippen LogP contribution in [0.25, 0.3) is 11.8 Å². The van der Waals surface area contributed by atoms with Crippen molar-refractivity contribution in [1.29, 1.82) is 0 Å². The number of nitro benzene ring substituents is 1. The summed E-state index contributed by atoms with van der Waals surface area (Å²) >= 11 is 1.18. The molecule has 0 unspecified atom stereocenters. The number of esters is 1. The van der Waals surface area contributed by atoms with Crippen LogP contribution in [0.1, 0.15) is 23.9 Å². The molecule has 0 fully saturated rings. The highest BCUT2D eigenvalue weighted by Crippen LogP contribution is 2.41. The summed E-state index contributed by atoms with van der Waals surface area (Å²) in [6, 6.07) is 17.5. The van der Waals surface area contributed by atoms with E-state index in [-0.39, 0.29) is 23.6 Å². The van der Waals surface area contributed by atoms with Gasteiger partial charge in [-0.05, 0) is 56.7 Å². The Kier molecular flexibility index (Phi) is 6.88. The van der Waals surface area contributed by atoms with Crippen LogP contribution >= 0.6 is 11.8 Å². The SMILES string of the molecule is CCOC(=O)C1=C(O)/C(=C/c2cc(C)n(-c3cccc([N+](=O)[O-])c3)c2C)SC1=Nc1ccccc1. The number of rotatable bonds is 6. The number of aliphatic hydroxyl groups excluding tert-OH is 1. The average Bonchev–Trinajstić information content (AvgIpc) is 3.29. The van der Waals surface area contributed by atoms with E-state index in [9.17, 15) is 20.0 Å². The fourth-order valence-corrected chi connectivity index (χ4v) is 4.86. The third-order valence-corrected chi connectivity index (χ3v) is 6.43. The van der Waals surface area contributed by atoms with Gasteiger partial charge in [0.2, 0.25) is 0 Å². The van der Waals surface area contributed by atoms with Gasteiger partial charge in [-0.15, -0.1) is 0 Å². The van der Waals surface area contributed by atoms with Crippen LogP contribution in [-0.4, -0.2) is 32.2 Å². The molecular weight excluding hydrogens is 466 g/mol. The van der Waals surface area contributed by atoms with Gasteiger partial charge in [-0.25, -0.2) is 9.79 Å². The summed E-state index contributed by atoms with van der Waals surface area (Å²) in [5.41, 5.74) is 3.83. The number of aryl methyl sites for hydroxylation is 1. The number of thioether (sulfide) groups is 1. The topological polar surface area (TPSA) is 107 Å². The standard InChI is InChI=1S/C26H23N3O5S/c1-4-34-26(31)23-24(30)22(35-25(23)27-19-9-6-5-7-10-19)14-18-13-16(2)28(17(18)3)20-11-8-12-21(15-20)29(32)33/h5-15,30H,4H2,1-3H3/b22-14-,27-25?. The van der Waals surface area contributed by atoms with Crippen molar-refractivity contribution in [2.75, 3.05) is 6.61 Å². The van der Waals surface area contributed by atoms with Gasteiger partial charge in [0.25, 0.3) is 5.69 Å². The molecule has 1 N–H and O–H groups in total. The number of aliphatic imine (C=N–C) groups is 1. The van der Waals surface area contributed by atoms with Crippen molar-refractivity contribution in [2.24, 2.45) is 4.99 Å². The van der Waals surface area contributed by atoms with Gasteiger partial charge in [0.1, 0.15) is 16.4 Å². The molecule has 2 heterocycles. The average molecular weight is 490 g/mol. The number of non-ortho nitro benzene ring substituents is 1. The van der Waals surface area contributed by atoms with Gasteiger partial charge in [-0.2, -0.15) is 0 Å². The number of nitrogens with zero attached hydrogens (tertiary/aromatic N) is 3. The second-order valence-electron chi connectivity index (χ2n) is 7.75. The number of aliphatic hydroxyl groups is 1. The zero-order valence-electron chi connectivity index (χ0n) is 19.4. The smallest absolute Gasteiger partial charge is 0.344 e. The van der Waals surface area contributed by atoms with Gasteiger partial charge in [0.05, 0.1) is 27.8 Å². The molecule has 1 aliphatic rings. The van der Waals surface area contributed by atoms with Crippen LogP contribution in [-0.2, 0) is 9.53 Å². The lowest BCUT2D eigenvalue weighted by Gasteiger charge is -2.09. The predicted octanol–water partition coefficient (Wildman–Crippen LogP) is 6.20. The second-order valence-corrected chi connectivity index (χ2v) is 8.78. The Morgan fingerprint density at radius 1 is 1.17 bits per heavy atom. The lowest BCUT2D eigenvalue weighted by Crippen LogP contribution is -2.12. The van der Waals surface area contributed by atoms with Crippen molar-refractivity contribution in [3.8, 4) is 5.69 Å². The lowest BCUT2D eigenvalue weighted by atomic mass is 10.1. The van der Waals surface area contributed by atoms with Gasteiger partial charge in [-0.1, -0.05) is 36.0 Å². The summed E-state index contributed by atoms with van der Waals surface area (Å²) < 4.78 is 7.07. The van der Waals surface area contributed by atoms with Gasteiger partial charge < -0.3 is 14.4 Å². The van der Waals surface area contributed by atoms with E-state index in [1.54, 1.807) is 25.1 Å². The fraction of sp³-hybridized carbons (Fsp3) is 0.154. The highest BCUT2D eigenvalue weighted by molar-refractivity contribution is 8.18. The summed E-state index contributed by atoms with van der Waals surface area (Å²) in [5, 5.41) is 22.5. The van der Waals surface area contributed by atoms with Crippen molar-refractivity contribution in [2.45, 2.75) is 20.8 Å². The first-order valence-electron chi connectivity index (χ1n) is 10.9. The minimum absolute atomic E-state index is 0.00248. The largest absolute Gasteiger partial charge is 0.506 e. The van der Waals surface area contributed by atoms with E-state index >= 15 is 0 Å². The Morgan fingerprint density at radius 3 is 2.60 bits per heavy atom. The van der Waals surface area contributed by atoms with Gasteiger partial charge >= 0.3 is 5.97 Å². The maximum Gasteiger partial charge on any atom is 0.344 e. The quantitative estimate of drug-likeness (QED) is 0.251. The molecule has 2 aromatic carbocycles. The molecule has 9 heteroatoms. The molecule has 0 radical (unpaired) electrons. The third kappa shape index (κ3) is 4.90. The molecule has 1 aliphatic heterocycles. The number of aromatic nitrogens is 1. The van der Waals surface area contributed by atoms with Crippen LogP contribution in [0, 0.1) is 24.0 Å². The summed E-state index contributed by atoms with van der Waals surface area (Å²) in [4.78, 5) is 28.4. The van der Waals surface area contributed by atoms with Crippen LogP contribution in [0.15, 0.2) is 81.9 Å². The Bertz CT molecular complexity index is 1400. The van der Waals surface area contributed by atoms with E-state index in [2.05, 4.69) is 4.99 Å². The first kappa shape index (κ1) is 24.0. The minimum Gasteiger partial charge on any atom is -0.506 e. The van der Waals surface area contributed by atoms with Crippen LogP contribution in [0.2, 0.25) is 0 Å². The third-order valence-electron chi connectivity index (χ3n) is 5.41. The first-order valence-corrected chi connectivity index (χ1v) is 11.7. The van der Waals surface area contributed by atoms with E-state index in [4.69, 9.17) is 4.74 Å². The summed E-state index contributed by atoms with van der Waals surface area (Å²) in [6.45, 7) is 5.66. The molecule has 0 saturated carbocycles. The lowest BCUT2D eigenvalue weighted by molar-refractivity contribution is -0.384. The maximum absolute atomic E-state index is 12.6. The number of hydrogen-bond donors (Lipinski definition) is 1. The summed E-state index contributed by atoms with van der Waals surface area (Å²) in [6.07, 6.45) is 1.78. The second kappa shape index (κ2) is 10.0. The van der Waals surface area contributed by atoms with Crippen molar-refractivity contribution in [3.63, 3.8) is 0 Å². The van der Waals surface area contributed by atoms with Gasteiger partial charge in [0.15, 0.2) is 0 Å². The molecule has 8 nitrogen and oxygen atoms in total. The van der Waals surface area contributed by atoms with E-state index < -0.39 is 10.9 Å². The molecule has 1 aromatic heterocycles. The summed E-state index contributed by atoms with van der Waals surface area (Å²) in [7, 11) is 0. The number of para-hydroxylation sites is 1. The van der Waals surface area contributed by atoms with Crippen LogP contribution in [0.3, 0.4) is 0 Å². The van der Waals surface area contributed by atoms with Crippen molar-refractivity contribution in [3.05, 3.63) is 104 Å². The molecule has 0 saturated heterocycles. The highest BCUT2D eigenvalue weighted by Gasteiger charge is 2.33. The number of carbonyl (C=O) groups excluding carboxylic acids is 1. The normalized spacial score (nSPS) is 15.7. The maximum atomic E-state index is 12.6. The zero-order chi connectivity index (χ0) is 25.1. The van der Waals surface area contributed by atoms with Crippen molar-refractivity contribution < 1.29 is 19.6 Å². The minimum atomic E-state index is -0.641. The van der Waals surface area contributed by atoms with Crippen LogP contribution < -0.4 is 0 Å². The molecule has 0 amide bonds. The van der Waals surface area contributed by atoms with E-state index in [1.165, 1.54) is 23.9 Å². The Morgan fingerprint density at radius 2 is 1.91 bits per heavy atom. The molecule has 0 bridgehead atoms. The molecule has 0 aliphatic carbocycles. The zero-order valence-corrected chi connectivity index (χ0v) is 20.2. The van der Waals surface area contributed by atoms with Crippen molar-refractivity contribution in [1.82, 2.24) is 4.57 Å². The molecule has 178 valence electrons. The molecular formula is C26H23N3O5S. The van der Waals surface area contributed by atoms with Crippen molar-refractivity contribution >= 4 is 40.2 Å². The Labute approximate surface area is 206 Å². The van der Waals surface area contributed by atoms with E-state index in [0.29, 0.717) is 21.3 Å². The number of nitro groups is 1. The molecule has 3 aromatic rings. The summed E-state index contributed by atoms with van der Waals surface area (Å²) in [5.74, 6) is -0.832.